The van der Waals surface area contributed by atoms with Crippen LogP contribution in [0.1, 0.15) is 34.6 Å². The minimum absolute atomic E-state index is 0.372. The van der Waals surface area contributed by atoms with Crippen LogP contribution in [0.2, 0.25) is 0 Å². The smallest absolute Gasteiger partial charge is 0.0932 e. The topological polar surface area (TPSA) is 15.6 Å². The molecule has 0 bridgehead atoms. The quantitative estimate of drug-likeness (QED) is 0.319. The van der Waals surface area contributed by atoms with E-state index in [1.807, 2.05) is 24.2 Å². The first kappa shape index (κ1) is 12.6. The summed E-state index contributed by atoms with van der Waals surface area (Å²) in [6.07, 6.45) is 3.94. The largest absolute Gasteiger partial charge is 0.270 e. The molecule has 2 nitrogen and oxygen atoms in total. The molecule has 0 atom stereocenters. The molecule has 0 fully saturated rings. The predicted molar refractivity (Wildman–Crippen MR) is 63.0 cm³/mol. The summed E-state index contributed by atoms with van der Waals surface area (Å²) in [7, 11) is 0. The second kappa shape index (κ2) is 6.08. The lowest BCUT2D eigenvalue weighted by atomic mass is 10.2. The van der Waals surface area contributed by atoms with E-state index in [1.54, 1.807) is 0 Å². The van der Waals surface area contributed by atoms with E-state index in [2.05, 4.69) is 45.4 Å². The van der Waals surface area contributed by atoms with E-state index in [9.17, 15) is 0 Å². The summed E-state index contributed by atoms with van der Waals surface area (Å²) in [6, 6.07) is 0.372. The lowest BCUT2D eigenvalue weighted by molar-refractivity contribution is 0.326. The van der Waals surface area contributed by atoms with E-state index in [4.69, 9.17) is 0 Å². The van der Waals surface area contributed by atoms with Crippen molar-refractivity contribution in [2.75, 3.05) is 0 Å². The van der Waals surface area contributed by atoms with Crippen molar-refractivity contribution in [2.24, 2.45) is 11.0 Å². The summed E-state index contributed by atoms with van der Waals surface area (Å²) >= 11 is 4.33. The SMILES string of the molecule is C/C=C\N(/N=C(\S)C(C)C)C(C)C. The van der Waals surface area contributed by atoms with Crippen molar-refractivity contribution in [3.63, 3.8) is 0 Å². The zero-order valence-electron chi connectivity index (χ0n) is 9.15. The Morgan fingerprint density at radius 3 is 2.15 bits per heavy atom. The average Bonchev–Trinajstić information content (AvgIpc) is 2.03. The van der Waals surface area contributed by atoms with Crippen molar-refractivity contribution in [3.05, 3.63) is 12.3 Å². The number of hydrogen-bond acceptors (Lipinski definition) is 2. The fourth-order valence-electron chi connectivity index (χ4n) is 0.707. The summed E-state index contributed by atoms with van der Waals surface area (Å²) in [6.45, 7) is 10.4. The lowest BCUT2D eigenvalue weighted by Gasteiger charge is -2.20. The van der Waals surface area contributed by atoms with Crippen molar-refractivity contribution in [3.8, 4) is 0 Å². The van der Waals surface area contributed by atoms with Crippen molar-refractivity contribution < 1.29 is 0 Å². The molecule has 76 valence electrons. The summed E-state index contributed by atoms with van der Waals surface area (Å²) in [5, 5.41) is 7.18. The monoisotopic (exact) mass is 200 g/mol. The molecule has 0 aromatic heterocycles. The highest BCUT2D eigenvalue weighted by Gasteiger charge is 2.05. The summed E-state index contributed by atoms with van der Waals surface area (Å²) in [5.74, 6) is 0.384. The van der Waals surface area contributed by atoms with Crippen LogP contribution < -0.4 is 0 Å². The van der Waals surface area contributed by atoms with Crippen LogP contribution in [0.4, 0.5) is 0 Å². The van der Waals surface area contributed by atoms with E-state index >= 15 is 0 Å². The Kier molecular flexibility index (Phi) is 5.88. The maximum Gasteiger partial charge on any atom is 0.0932 e. The van der Waals surface area contributed by atoms with Gasteiger partial charge < -0.3 is 0 Å². The van der Waals surface area contributed by atoms with Gasteiger partial charge in [-0.3, -0.25) is 5.01 Å². The van der Waals surface area contributed by atoms with Gasteiger partial charge >= 0.3 is 0 Å². The van der Waals surface area contributed by atoms with E-state index in [0.29, 0.717) is 12.0 Å². The molecule has 0 heterocycles. The number of nitrogens with zero attached hydrogens (tertiary/aromatic N) is 2. The molecule has 0 spiro atoms. The van der Waals surface area contributed by atoms with Gasteiger partial charge in [-0.05, 0) is 20.8 Å². The highest BCUT2D eigenvalue weighted by atomic mass is 32.1. The third-order valence-corrected chi connectivity index (χ3v) is 2.17. The molecule has 0 aliphatic rings. The van der Waals surface area contributed by atoms with Crippen molar-refractivity contribution >= 4 is 17.7 Å². The van der Waals surface area contributed by atoms with E-state index < -0.39 is 0 Å². The normalized spacial score (nSPS) is 13.4. The fourth-order valence-corrected chi connectivity index (χ4v) is 0.811. The molecule has 0 aliphatic heterocycles. The standard InChI is InChI=1S/C10H20N2S/c1-6-7-12(9(4)5)11-10(13)8(2)3/h6-9H,1-5H3,(H,11,13)/b7-6-. The van der Waals surface area contributed by atoms with Gasteiger partial charge in [0.15, 0.2) is 0 Å². The first-order valence-electron chi connectivity index (χ1n) is 4.67. The molecule has 13 heavy (non-hydrogen) atoms. The van der Waals surface area contributed by atoms with Crippen molar-refractivity contribution in [2.45, 2.75) is 40.7 Å². The molecular formula is C10H20N2S. The number of rotatable bonds is 4. The van der Waals surface area contributed by atoms with Gasteiger partial charge in [0.25, 0.3) is 0 Å². The van der Waals surface area contributed by atoms with Gasteiger partial charge in [0.1, 0.15) is 0 Å². The molecule has 0 aliphatic carbocycles. The van der Waals surface area contributed by atoms with Crippen LogP contribution in [0, 0.1) is 5.92 Å². The first-order valence-corrected chi connectivity index (χ1v) is 5.12. The van der Waals surface area contributed by atoms with E-state index in [-0.39, 0.29) is 0 Å². The highest BCUT2D eigenvalue weighted by Crippen LogP contribution is 2.07. The molecule has 0 amide bonds. The number of hydrogen-bond donors (Lipinski definition) is 1. The van der Waals surface area contributed by atoms with E-state index in [0.717, 1.165) is 5.04 Å². The zero-order valence-corrected chi connectivity index (χ0v) is 10.0. The molecule has 0 N–H and O–H groups in total. The Hall–Kier alpha value is -0.440. The molecular weight excluding hydrogens is 180 g/mol. The van der Waals surface area contributed by atoms with Crippen LogP contribution in [0.5, 0.6) is 0 Å². The third kappa shape index (κ3) is 4.98. The number of allylic oxidation sites excluding steroid dienone is 1. The summed E-state index contributed by atoms with van der Waals surface area (Å²) in [4.78, 5) is 0. The van der Waals surface area contributed by atoms with Gasteiger partial charge in [0.05, 0.1) is 5.04 Å². The van der Waals surface area contributed by atoms with Crippen molar-refractivity contribution in [1.29, 1.82) is 0 Å². The minimum Gasteiger partial charge on any atom is -0.270 e. The van der Waals surface area contributed by atoms with Gasteiger partial charge in [-0.1, -0.05) is 19.9 Å². The Bertz CT molecular complexity index is 195. The maximum atomic E-state index is 4.39. The summed E-state index contributed by atoms with van der Waals surface area (Å²) < 4.78 is 0. The predicted octanol–water partition coefficient (Wildman–Crippen LogP) is 3.13. The summed E-state index contributed by atoms with van der Waals surface area (Å²) in [5.41, 5.74) is 0. The van der Waals surface area contributed by atoms with Crippen LogP contribution in [0.15, 0.2) is 17.4 Å². The van der Waals surface area contributed by atoms with Crippen molar-refractivity contribution in [1.82, 2.24) is 5.01 Å². The van der Waals surface area contributed by atoms with Gasteiger partial charge in [-0.2, -0.15) is 5.10 Å². The number of thiol groups is 1. The highest BCUT2D eigenvalue weighted by molar-refractivity contribution is 7.97. The Labute approximate surface area is 87.1 Å². The van der Waals surface area contributed by atoms with Gasteiger partial charge in [-0.25, -0.2) is 0 Å². The second-order valence-corrected chi connectivity index (χ2v) is 4.03. The Balaban J connectivity index is 4.49. The van der Waals surface area contributed by atoms with Crippen LogP contribution >= 0.6 is 12.6 Å². The zero-order chi connectivity index (χ0) is 10.4. The van der Waals surface area contributed by atoms with E-state index in [1.165, 1.54) is 0 Å². The molecule has 3 heteroatoms. The fraction of sp³-hybridized carbons (Fsp3) is 0.700. The van der Waals surface area contributed by atoms with Crippen LogP contribution in [-0.2, 0) is 0 Å². The number of hydrazone groups is 1. The average molecular weight is 200 g/mol. The van der Waals surface area contributed by atoms with Crippen LogP contribution in [0.25, 0.3) is 0 Å². The molecule has 0 aromatic rings. The lowest BCUT2D eigenvalue weighted by Crippen LogP contribution is -2.21. The Morgan fingerprint density at radius 1 is 1.31 bits per heavy atom. The van der Waals surface area contributed by atoms with Gasteiger partial charge in [0, 0.05) is 18.2 Å². The van der Waals surface area contributed by atoms with Gasteiger partial charge in [0.2, 0.25) is 0 Å². The molecule has 0 radical (unpaired) electrons. The Morgan fingerprint density at radius 2 is 1.85 bits per heavy atom. The van der Waals surface area contributed by atoms with Crippen LogP contribution in [0.3, 0.4) is 0 Å². The molecule has 0 saturated heterocycles. The molecule has 0 unspecified atom stereocenters. The molecule has 0 saturated carbocycles. The molecule has 0 aromatic carbocycles. The van der Waals surface area contributed by atoms with Gasteiger partial charge in [-0.15, -0.1) is 12.6 Å². The van der Waals surface area contributed by atoms with Crippen LogP contribution in [-0.4, -0.2) is 16.1 Å². The third-order valence-electron chi connectivity index (χ3n) is 1.57. The minimum atomic E-state index is 0.372. The second-order valence-electron chi connectivity index (χ2n) is 3.57. The first-order chi connectivity index (χ1) is 5.99. The maximum absolute atomic E-state index is 4.39. The molecule has 0 rings (SSSR count).